The van der Waals surface area contributed by atoms with Gasteiger partial charge in [-0.05, 0) is 48.5 Å². The number of halogens is 2. The number of nitrogens with zero attached hydrogens (tertiary/aromatic N) is 3. The predicted molar refractivity (Wildman–Crippen MR) is 104 cm³/mol. The molecule has 9 nitrogen and oxygen atoms in total. The zero-order chi connectivity index (χ0) is 20.1. The third-order valence-electron chi connectivity index (χ3n) is 3.51. The van der Waals surface area contributed by atoms with Gasteiger partial charge in [0.1, 0.15) is 12.1 Å². The summed E-state index contributed by atoms with van der Waals surface area (Å²) < 4.78 is 13.8. The van der Waals surface area contributed by atoms with E-state index in [9.17, 15) is 19.3 Å². The van der Waals surface area contributed by atoms with E-state index in [1.54, 1.807) is 24.3 Å². The number of amides is 1. The van der Waals surface area contributed by atoms with Crippen molar-refractivity contribution >= 4 is 44.8 Å². The van der Waals surface area contributed by atoms with Crippen LogP contribution in [0.4, 0.5) is 27.4 Å². The summed E-state index contributed by atoms with van der Waals surface area (Å²) in [5.74, 6) is -1.37. The van der Waals surface area contributed by atoms with E-state index in [1.807, 2.05) is 0 Å². The van der Waals surface area contributed by atoms with Gasteiger partial charge in [-0.3, -0.25) is 25.8 Å². The number of aromatic nitrogens is 2. The van der Waals surface area contributed by atoms with Crippen LogP contribution >= 0.6 is 15.9 Å². The zero-order valence-electron chi connectivity index (χ0n) is 14.0. The molecule has 2 aromatic carbocycles. The zero-order valence-corrected chi connectivity index (χ0v) is 15.6. The maximum atomic E-state index is 12.9. The number of hydrazine groups is 1. The van der Waals surface area contributed by atoms with Crippen molar-refractivity contribution in [2.45, 2.75) is 0 Å². The first-order chi connectivity index (χ1) is 13.4. The van der Waals surface area contributed by atoms with Crippen molar-refractivity contribution in [1.29, 1.82) is 0 Å². The average molecular weight is 447 g/mol. The summed E-state index contributed by atoms with van der Waals surface area (Å²) in [5.41, 5.74) is 4.98. The normalized spacial score (nSPS) is 10.2. The lowest BCUT2D eigenvalue weighted by molar-refractivity contribution is -0.383. The molecular formula is C17H12BrFN6O3. The van der Waals surface area contributed by atoms with Gasteiger partial charge in [-0.2, -0.15) is 0 Å². The summed E-state index contributed by atoms with van der Waals surface area (Å²) in [6.45, 7) is 0. The van der Waals surface area contributed by atoms with Gasteiger partial charge >= 0.3 is 5.69 Å². The fraction of sp³-hybridized carbons (Fsp3) is 0. The second-order valence-electron chi connectivity index (χ2n) is 5.39. The molecule has 1 aromatic heterocycles. The first-order valence-corrected chi connectivity index (χ1v) is 8.57. The smallest absolute Gasteiger partial charge is 0.334 e. The minimum absolute atomic E-state index is 0.0548. The summed E-state index contributed by atoms with van der Waals surface area (Å²) in [6, 6.07) is 11.8. The van der Waals surface area contributed by atoms with Crippen molar-refractivity contribution in [3.8, 4) is 0 Å². The number of nitro groups is 1. The Morgan fingerprint density at radius 1 is 1.04 bits per heavy atom. The summed E-state index contributed by atoms with van der Waals surface area (Å²) in [4.78, 5) is 30.7. The average Bonchev–Trinajstić information content (AvgIpc) is 2.68. The predicted octanol–water partition coefficient (Wildman–Crippen LogP) is 3.79. The topological polar surface area (TPSA) is 122 Å². The second-order valence-corrected chi connectivity index (χ2v) is 6.31. The lowest BCUT2D eigenvalue weighted by Crippen LogP contribution is -2.30. The van der Waals surface area contributed by atoms with Crippen molar-refractivity contribution in [3.05, 3.63) is 80.8 Å². The molecule has 1 amide bonds. The monoisotopic (exact) mass is 446 g/mol. The van der Waals surface area contributed by atoms with E-state index in [1.165, 1.54) is 12.1 Å². The van der Waals surface area contributed by atoms with E-state index in [4.69, 9.17) is 0 Å². The van der Waals surface area contributed by atoms with Crippen molar-refractivity contribution in [2.24, 2.45) is 0 Å². The number of carbonyl (C=O) groups excluding carboxylic acids is 1. The first kappa shape index (κ1) is 19.2. The number of rotatable bonds is 6. The highest BCUT2D eigenvalue weighted by molar-refractivity contribution is 9.10. The number of benzene rings is 2. The van der Waals surface area contributed by atoms with E-state index in [2.05, 4.69) is 42.1 Å². The third-order valence-corrected chi connectivity index (χ3v) is 4.04. The second kappa shape index (κ2) is 8.39. The maximum absolute atomic E-state index is 12.9. The Morgan fingerprint density at radius 2 is 1.68 bits per heavy atom. The Kier molecular flexibility index (Phi) is 5.75. The van der Waals surface area contributed by atoms with E-state index >= 15 is 0 Å². The van der Waals surface area contributed by atoms with Crippen LogP contribution < -0.4 is 16.2 Å². The first-order valence-electron chi connectivity index (χ1n) is 7.78. The van der Waals surface area contributed by atoms with Crippen LogP contribution in [0.15, 0.2) is 59.3 Å². The highest BCUT2D eigenvalue weighted by atomic mass is 79.9. The van der Waals surface area contributed by atoms with E-state index < -0.39 is 22.3 Å². The van der Waals surface area contributed by atoms with Crippen LogP contribution in [0, 0.1) is 15.9 Å². The molecule has 0 bridgehead atoms. The van der Waals surface area contributed by atoms with Gasteiger partial charge in [0.2, 0.25) is 11.6 Å². The molecule has 0 atom stereocenters. The quantitative estimate of drug-likeness (QED) is 0.388. The summed E-state index contributed by atoms with van der Waals surface area (Å²) in [5, 5.41) is 14.4. The Morgan fingerprint density at radius 3 is 2.32 bits per heavy atom. The van der Waals surface area contributed by atoms with Crippen LogP contribution in [-0.2, 0) is 0 Å². The van der Waals surface area contributed by atoms with Gasteiger partial charge in [0.25, 0.3) is 5.91 Å². The molecule has 0 fully saturated rings. The van der Waals surface area contributed by atoms with Crippen LogP contribution in [0.1, 0.15) is 10.4 Å². The van der Waals surface area contributed by atoms with Gasteiger partial charge in [0, 0.05) is 15.7 Å². The Labute approximate surface area is 166 Å². The molecule has 11 heteroatoms. The van der Waals surface area contributed by atoms with Crippen LogP contribution in [0.25, 0.3) is 0 Å². The van der Waals surface area contributed by atoms with Gasteiger partial charge in [0.05, 0.1) is 4.92 Å². The number of hydrogen-bond acceptors (Lipinski definition) is 7. The van der Waals surface area contributed by atoms with Crippen molar-refractivity contribution in [2.75, 3.05) is 10.7 Å². The highest BCUT2D eigenvalue weighted by Crippen LogP contribution is 2.31. The summed E-state index contributed by atoms with van der Waals surface area (Å²) in [7, 11) is 0. The molecule has 0 aliphatic carbocycles. The molecule has 3 N–H and O–H groups in total. The van der Waals surface area contributed by atoms with Crippen molar-refractivity contribution in [1.82, 2.24) is 15.4 Å². The largest absolute Gasteiger partial charge is 0.355 e. The molecule has 0 aliphatic heterocycles. The fourth-order valence-electron chi connectivity index (χ4n) is 2.19. The Hall–Kier alpha value is -3.60. The van der Waals surface area contributed by atoms with E-state index in [-0.39, 0.29) is 17.2 Å². The van der Waals surface area contributed by atoms with E-state index in [0.29, 0.717) is 5.69 Å². The van der Waals surface area contributed by atoms with Gasteiger partial charge in [-0.1, -0.05) is 15.9 Å². The molecule has 0 aliphatic rings. The Bertz CT molecular complexity index is 1010. The number of nitrogens with one attached hydrogen (secondary N) is 3. The van der Waals surface area contributed by atoms with Gasteiger partial charge in [-0.15, -0.1) is 0 Å². The molecule has 0 spiro atoms. The summed E-state index contributed by atoms with van der Waals surface area (Å²) in [6.07, 6.45) is 1.11. The molecule has 142 valence electrons. The van der Waals surface area contributed by atoms with Gasteiger partial charge in [-0.25, -0.2) is 14.4 Å². The van der Waals surface area contributed by atoms with Crippen LogP contribution in [0.2, 0.25) is 0 Å². The molecule has 3 rings (SSSR count). The molecular weight excluding hydrogens is 435 g/mol. The molecule has 0 saturated heterocycles. The SMILES string of the molecule is O=C(NNc1ncnc(Nc2ccc(Br)cc2)c1[N+](=O)[O-])c1ccc(F)cc1. The number of carbonyl (C=O) groups is 1. The molecule has 0 saturated carbocycles. The molecule has 1 heterocycles. The lowest BCUT2D eigenvalue weighted by Gasteiger charge is -2.11. The molecule has 3 aromatic rings. The highest BCUT2D eigenvalue weighted by Gasteiger charge is 2.23. The molecule has 28 heavy (non-hydrogen) atoms. The van der Waals surface area contributed by atoms with E-state index in [0.717, 1.165) is 22.9 Å². The lowest BCUT2D eigenvalue weighted by atomic mass is 10.2. The third kappa shape index (κ3) is 4.57. The Balaban J connectivity index is 1.80. The van der Waals surface area contributed by atoms with Gasteiger partial charge < -0.3 is 5.32 Å². The summed E-state index contributed by atoms with van der Waals surface area (Å²) >= 11 is 3.30. The molecule has 0 unspecified atom stereocenters. The van der Waals surface area contributed by atoms with Crippen LogP contribution in [0.5, 0.6) is 0 Å². The maximum Gasteiger partial charge on any atom is 0.355 e. The standard InChI is InChI=1S/C17H12BrFN6O3/c18-11-3-7-13(8-4-11)22-15-14(25(27)28)16(21-9-20-15)23-24-17(26)10-1-5-12(19)6-2-10/h1-9H,(H,24,26)(H2,20,21,22,23). The number of anilines is 3. The van der Waals surface area contributed by atoms with Crippen molar-refractivity contribution in [3.63, 3.8) is 0 Å². The fourth-order valence-corrected chi connectivity index (χ4v) is 2.46. The molecule has 0 radical (unpaired) electrons. The van der Waals surface area contributed by atoms with Gasteiger partial charge in [0.15, 0.2) is 0 Å². The minimum Gasteiger partial charge on any atom is -0.334 e. The minimum atomic E-state index is -0.673. The number of hydrogen-bond donors (Lipinski definition) is 3. The van der Waals surface area contributed by atoms with Crippen LogP contribution in [0.3, 0.4) is 0 Å². The van der Waals surface area contributed by atoms with Crippen LogP contribution in [-0.4, -0.2) is 20.8 Å². The van der Waals surface area contributed by atoms with Crippen molar-refractivity contribution < 1.29 is 14.1 Å².